The molecule has 2 N–H and O–H groups in total. The van der Waals surface area contributed by atoms with E-state index in [1.165, 1.54) is 0 Å². The lowest BCUT2D eigenvalue weighted by molar-refractivity contribution is 0.416. The van der Waals surface area contributed by atoms with Crippen LogP contribution in [-0.2, 0) is 6.54 Å². The van der Waals surface area contributed by atoms with Crippen LogP contribution in [0.4, 0.5) is 5.82 Å². The Labute approximate surface area is 94.7 Å². The summed E-state index contributed by atoms with van der Waals surface area (Å²) in [5.74, 6) is 1.46. The number of para-hydroxylation sites is 1. The van der Waals surface area contributed by atoms with Gasteiger partial charge in [-0.1, -0.05) is 12.1 Å². The van der Waals surface area contributed by atoms with E-state index >= 15 is 0 Å². The van der Waals surface area contributed by atoms with E-state index in [2.05, 4.69) is 4.98 Å². The van der Waals surface area contributed by atoms with Gasteiger partial charge in [0.2, 0.25) is 0 Å². The lowest BCUT2D eigenvalue weighted by atomic mass is 10.1. The summed E-state index contributed by atoms with van der Waals surface area (Å²) in [6.07, 6.45) is 1.75. The van der Waals surface area contributed by atoms with Gasteiger partial charge in [0.15, 0.2) is 0 Å². The summed E-state index contributed by atoms with van der Waals surface area (Å²) in [6, 6.07) is 7.73. The van der Waals surface area contributed by atoms with Crippen molar-refractivity contribution in [3.8, 4) is 17.0 Å². The molecule has 4 nitrogen and oxygen atoms in total. The number of nitrogen functional groups attached to an aromatic ring is 1. The first kappa shape index (κ1) is 10.5. The van der Waals surface area contributed by atoms with Gasteiger partial charge >= 0.3 is 0 Å². The molecule has 4 heteroatoms. The number of imidazole rings is 1. The molecule has 84 valence electrons. The van der Waals surface area contributed by atoms with Crippen LogP contribution in [0, 0.1) is 0 Å². The van der Waals surface area contributed by atoms with Crippen LogP contribution in [0.2, 0.25) is 0 Å². The van der Waals surface area contributed by atoms with Crippen molar-refractivity contribution in [1.82, 2.24) is 9.55 Å². The van der Waals surface area contributed by atoms with Gasteiger partial charge in [-0.25, -0.2) is 4.98 Å². The third kappa shape index (κ3) is 1.62. The smallest absolute Gasteiger partial charge is 0.131 e. The molecule has 0 amide bonds. The molecule has 0 unspecified atom stereocenters. The average molecular weight is 217 g/mol. The highest BCUT2D eigenvalue weighted by molar-refractivity contribution is 5.75. The third-order valence-corrected chi connectivity index (χ3v) is 2.58. The second kappa shape index (κ2) is 4.26. The van der Waals surface area contributed by atoms with Gasteiger partial charge in [0, 0.05) is 12.1 Å². The first-order chi connectivity index (χ1) is 7.77. The Morgan fingerprint density at radius 2 is 2.12 bits per heavy atom. The van der Waals surface area contributed by atoms with Gasteiger partial charge < -0.3 is 15.0 Å². The van der Waals surface area contributed by atoms with Crippen molar-refractivity contribution in [2.24, 2.45) is 0 Å². The van der Waals surface area contributed by atoms with E-state index in [1.54, 1.807) is 13.4 Å². The second-order valence-electron chi connectivity index (χ2n) is 3.46. The van der Waals surface area contributed by atoms with Crippen molar-refractivity contribution < 1.29 is 4.74 Å². The van der Waals surface area contributed by atoms with Crippen molar-refractivity contribution in [1.29, 1.82) is 0 Å². The number of aromatic nitrogens is 2. The molecule has 16 heavy (non-hydrogen) atoms. The summed E-state index contributed by atoms with van der Waals surface area (Å²) in [5.41, 5.74) is 7.72. The Morgan fingerprint density at radius 3 is 2.75 bits per heavy atom. The number of hydrogen-bond acceptors (Lipinski definition) is 3. The van der Waals surface area contributed by atoms with Crippen LogP contribution in [-0.4, -0.2) is 16.7 Å². The number of aryl methyl sites for hydroxylation is 1. The van der Waals surface area contributed by atoms with Crippen molar-refractivity contribution >= 4 is 5.82 Å². The van der Waals surface area contributed by atoms with E-state index in [0.29, 0.717) is 5.82 Å². The average Bonchev–Trinajstić information content (AvgIpc) is 2.70. The van der Waals surface area contributed by atoms with Crippen LogP contribution < -0.4 is 10.5 Å². The Balaban J connectivity index is 2.54. The highest BCUT2D eigenvalue weighted by atomic mass is 16.5. The fraction of sp³-hybridized carbons (Fsp3) is 0.250. The molecule has 0 aliphatic carbocycles. The Kier molecular flexibility index (Phi) is 2.81. The molecule has 2 aromatic rings. The Morgan fingerprint density at radius 1 is 1.38 bits per heavy atom. The topological polar surface area (TPSA) is 53.1 Å². The quantitative estimate of drug-likeness (QED) is 0.857. The van der Waals surface area contributed by atoms with Crippen LogP contribution in [0.25, 0.3) is 11.3 Å². The van der Waals surface area contributed by atoms with Gasteiger partial charge in [-0.15, -0.1) is 0 Å². The van der Waals surface area contributed by atoms with Gasteiger partial charge in [0.25, 0.3) is 0 Å². The number of ether oxygens (including phenoxy) is 1. The van der Waals surface area contributed by atoms with Crippen molar-refractivity contribution in [3.05, 3.63) is 30.6 Å². The number of rotatable bonds is 3. The zero-order valence-corrected chi connectivity index (χ0v) is 9.47. The number of methoxy groups -OCH3 is 1. The number of anilines is 1. The predicted octanol–water partition coefficient (Wildman–Crippen LogP) is 2.16. The minimum absolute atomic E-state index is 0.673. The molecular formula is C12H15N3O. The molecule has 0 saturated carbocycles. The van der Waals surface area contributed by atoms with Gasteiger partial charge in [-0.05, 0) is 19.1 Å². The highest BCUT2D eigenvalue weighted by Gasteiger charge is 2.12. The third-order valence-electron chi connectivity index (χ3n) is 2.58. The molecule has 0 radical (unpaired) electrons. The van der Waals surface area contributed by atoms with E-state index in [0.717, 1.165) is 23.6 Å². The van der Waals surface area contributed by atoms with Gasteiger partial charge in [0.05, 0.1) is 13.4 Å². The molecule has 1 aromatic heterocycles. The SMILES string of the molecule is CCn1cnc(-c2ccccc2OC)c1N. The summed E-state index contributed by atoms with van der Waals surface area (Å²) in [6.45, 7) is 2.85. The van der Waals surface area contributed by atoms with E-state index < -0.39 is 0 Å². The predicted molar refractivity (Wildman–Crippen MR) is 64.3 cm³/mol. The first-order valence-electron chi connectivity index (χ1n) is 5.22. The van der Waals surface area contributed by atoms with Crippen LogP contribution >= 0.6 is 0 Å². The monoisotopic (exact) mass is 217 g/mol. The molecule has 0 bridgehead atoms. The van der Waals surface area contributed by atoms with Gasteiger partial charge in [-0.2, -0.15) is 0 Å². The normalized spacial score (nSPS) is 10.4. The minimum Gasteiger partial charge on any atom is -0.496 e. The number of benzene rings is 1. The van der Waals surface area contributed by atoms with E-state index in [-0.39, 0.29) is 0 Å². The Hall–Kier alpha value is -1.97. The van der Waals surface area contributed by atoms with Crippen molar-refractivity contribution in [2.75, 3.05) is 12.8 Å². The minimum atomic E-state index is 0.673. The summed E-state index contributed by atoms with van der Waals surface area (Å²) >= 11 is 0. The molecule has 0 spiro atoms. The molecule has 0 aliphatic heterocycles. The number of hydrogen-bond donors (Lipinski definition) is 1. The molecule has 2 rings (SSSR count). The molecule has 1 aromatic carbocycles. The molecule has 0 atom stereocenters. The van der Waals surface area contributed by atoms with E-state index in [1.807, 2.05) is 35.8 Å². The molecule has 0 fully saturated rings. The molecule has 0 saturated heterocycles. The highest BCUT2D eigenvalue weighted by Crippen LogP contribution is 2.31. The standard InChI is InChI=1S/C12H15N3O/c1-3-15-8-14-11(12(15)13)9-6-4-5-7-10(9)16-2/h4-8H,3,13H2,1-2H3. The van der Waals surface area contributed by atoms with Crippen LogP contribution in [0.15, 0.2) is 30.6 Å². The van der Waals surface area contributed by atoms with Crippen LogP contribution in [0.3, 0.4) is 0 Å². The fourth-order valence-electron chi connectivity index (χ4n) is 1.69. The van der Waals surface area contributed by atoms with Crippen molar-refractivity contribution in [2.45, 2.75) is 13.5 Å². The summed E-state index contributed by atoms with van der Waals surface area (Å²) in [5, 5.41) is 0. The van der Waals surface area contributed by atoms with Gasteiger partial charge in [0.1, 0.15) is 17.3 Å². The van der Waals surface area contributed by atoms with Crippen molar-refractivity contribution in [3.63, 3.8) is 0 Å². The van der Waals surface area contributed by atoms with Crippen LogP contribution in [0.5, 0.6) is 5.75 Å². The summed E-state index contributed by atoms with van der Waals surface area (Å²) in [4.78, 5) is 4.32. The lowest BCUT2D eigenvalue weighted by Gasteiger charge is -2.07. The maximum absolute atomic E-state index is 6.01. The van der Waals surface area contributed by atoms with E-state index in [9.17, 15) is 0 Å². The molecular weight excluding hydrogens is 202 g/mol. The van der Waals surface area contributed by atoms with Gasteiger partial charge in [-0.3, -0.25) is 0 Å². The van der Waals surface area contributed by atoms with Crippen LogP contribution in [0.1, 0.15) is 6.92 Å². The zero-order valence-electron chi connectivity index (χ0n) is 9.47. The number of nitrogens with zero attached hydrogens (tertiary/aromatic N) is 2. The number of nitrogens with two attached hydrogens (primary N) is 1. The fourth-order valence-corrected chi connectivity index (χ4v) is 1.69. The first-order valence-corrected chi connectivity index (χ1v) is 5.22. The zero-order chi connectivity index (χ0) is 11.5. The second-order valence-corrected chi connectivity index (χ2v) is 3.46. The Bertz CT molecular complexity index is 491. The molecule has 0 aliphatic rings. The lowest BCUT2D eigenvalue weighted by Crippen LogP contribution is -2.00. The maximum atomic E-state index is 6.01. The van der Waals surface area contributed by atoms with E-state index in [4.69, 9.17) is 10.5 Å². The largest absolute Gasteiger partial charge is 0.496 e. The summed E-state index contributed by atoms with van der Waals surface area (Å²) in [7, 11) is 1.64. The maximum Gasteiger partial charge on any atom is 0.131 e. The summed E-state index contributed by atoms with van der Waals surface area (Å²) < 4.78 is 7.20. The molecule has 1 heterocycles.